The lowest BCUT2D eigenvalue weighted by atomic mass is 10.1. The zero-order chi connectivity index (χ0) is 13.8. The van der Waals surface area contributed by atoms with Gasteiger partial charge in [0.1, 0.15) is 12.2 Å². The molecule has 0 bridgehead atoms. The van der Waals surface area contributed by atoms with E-state index in [0.29, 0.717) is 12.0 Å². The van der Waals surface area contributed by atoms with Crippen molar-refractivity contribution in [1.82, 2.24) is 20.1 Å². The molecule has 0 spiro atoms. The second kappa shape index (κ2) is 6.30. The zero-order valence-corrected chi connectivity index (χ0v) is 12.9. The largest absolute Gasteiger partial charge is 0.312 e. The third kappa shape index (κ3) is 3.64. The van der Waals surface area contributed by atoms with E-state index in [4.69, 9.17) is 0 Å². The van der Waals surface area contributed by atoms with Gasteiger partial charge in [0.25, 0.3) is 0 Å². The van der Waals surface area contributed by atoms with Crippen LogP contribution in [0.1, 0.15) is 35.5 Å². The molecular formula is C14H22N4S. The van der Waals surface area contributed by atoms with Gasteiger partial charge in [-0.2, -0.15) is 5.10 Å². The highest BCUT2D eigenvalue weighted by atomic mass is 32.1. The van der Waals surface area contributed by atoms with E-state index in [9.17, 15) is 0 Å². The molecule has 1 atom stereocenters. The van der Waals surface area contributed by atoms with Crippen molar-refractivity contribution in [3.05, 3.63) is 34.0 Å². The van der Waals surface area contributed by atoms with Crippen molar-refractivity contribution in [2.24, 2.45) is 5.92 Å². The number of thiophene rings is 1. The van der Waals surface area contributed by atoms with E-state index in [1.165, 1.54) is 9.75 Å². The normalized spacial score (nSPS) is 13.1. The summed E-state index contributed by atoms with van der Waals surface area (Å²) in [5.41, 5.74) is 0. The number of hydrogen-bond acceptors (Lipinski definition) is 4. The maximum atomic E-state index is 4.41. The summed E-state index contributed by atoms with van der Waals surface area (Å²) in [5, 5.41) is 7.70. The molecule has 19 heavy (non-hydrogen) atoms. The molecule has 0 saturated carbocycles. The fourth-order valence-corrected chi connectivity index (χ4v) is 3.10. The molecular weight excluding hydrogens is 256 g/mol. The van der Waals surface area contributed by atoms with Crippen LogP contribution < -0.4 is 5.32 Å². The number of nitrogens with zero attached hydrogens (tertiary/aromatic N) is 3. The van der Waals surface area contributed by atoms with Crippen LogP contribution in [0.3, 0.4) is 0 Å². The smallest absolute Gasteiger partial charge is 0.138 e. The minimum Gasteiger partial charge on any atom is -0.312 e. The van der Waals surface area contributed by atoms with Gasteiger partial charge in [-0.1, -0.05) is 13.8 Å². The Labute approximate surface area is 118 Å². The van der Waals surface area contributed by atoms with E-state index >= 15 is 0 Å². The molecule has 104 valence electrons. The molecule has 0 amide bonds. The molecule has 0 radical (unpaired) electrons. The Bertz CT molecular complexity index is 515. The first-order valence-electron chi connectivity index (χ1n) is 6.70. The highest BCUT2D eigenvalue weighted by molar-refractivity contribution is 7.12. The number of nitrogens with one attached hydrogen (secondary N) is 1. The van der Waals surface area contributed by atoms with Gasteiger partial charge in [-0.3, -0.25) is 0 Å². The van der Waals surface area contributed by atoms with Gasteiger partial charge in [0.2, 0.25) is 0 Å². The minimum absolute atomic E-state index is 0.314. The van der Waals surface area contributed by atoms with Crippen molar-refractivity contribution in [3.8, 4) is 0 Å². The summed E-state index contributed by atoms with van der Waals surface area (Å²) in [7, 11) is 2.00. The van der Waals surface area contributed by atoms with Crippen LogP contribution in [-0.2, 0) is 13.0 Å². The van der Waals surface area contributed by atoms with Crippen LogP contribution in [0.25, 0.3) is 0 Å². The third-order valence-corrected chi connectivity index (χ3v) is 4.19. The molecule has 0 aliphatic rings. The van der Waals surface area contributed by atoms with Crippen LogP contribution in [0.15, 0.2) is 18.5 Å². The summed E-state index contributed by atoms with van der Waals surface area (Å²) in [6, 6.07) is 4.68. The maximum Gasteiger partial charge on any atom is 0.138 e. The molecule has 5 heteroatoms. The molecule has 0 fully saturated rings. The van der Waals surface area contributed by atoms with Crippen LogP contribution in [0.2, 0.25) is 0 Å². The number of hydrogen-bond donors (Lipinski definition) is 1. The first-order valence-corrected chi connectivity index (χ1v) is 7.52. The molecule has 4 nitrogen and oxygen atoms in total. The van der Waals surface area contributed by atoms with Crippen molar-refractivity contribution in [2.75, 3.05) is 7.05 Å². The molecule has 2 heterocycles. The second-order valence-corrected chi connectivity index (χ2v) is 6.57. The molecule has 2 rings (SSSR count). The number of aromatic nitrogens is 3. The van der Waals surface area contributed by atoms with Gasteiger partial charge < -0.3 is 5.32 Å². The monoisotopic (exact) mass is 278 g/mol. The fraction of sp³-hybridized carbons (Fsp3) is 0.571. The van der Waals surface area contributed by atoms with Gasteiger partial charge in [-0.25, -0.2) is 9.67 Å². The molecule has 2 aromatic rings. The van der Waals surface area contributed by atoms with Gasteiger partial charge in [0.15, 0.2) is 0 Å². The lowest BCUT2D eigenvalue weighted by Crippen LogP contribution is -2.21. The number of likely N-dealkylation sites (N-methyl/N-ethyl adjacent to an activating group) is 1. The Morgan fingerprint density at radius 3 is 2.74 bits per heavy atom. The summed E-state index contributed by atoms with van der Waals surface area (Å²) >= 11 is 1.84. The van der Waals surface area contributed by atoms with Gasteiger partial charge in [0, 0.05) is 28.8 Å². The van der Waals surface area contributed by atoms with E-state index in [0.717, 1.165) is 18.8 Å². The Kier molecular flexibility index (Phi) is 4.71. The molecule has 1 N–H and O–H groups in total. The average molecular weight is 278 g/mol. The lowest BCUT2D eigenvalue weighted by molar-refractivity contribution is 0.452. The summed E-state index contributed by atoms with van der Waals surface area (Å²) < 4.78 is 2.02. The third-order valence-electron chi connectivity index (χ3n) is 3.07. The maximum absolute atomic E-state index is 4.41. The van der Waals surface area contributed by atoms with Crippen molar-refractivity contribution < 1.29 is 0 Å². The van der Waals surface area contributed by atoms with Crippen LogP contribution >= 0.6 is 11.3 Å². The summed E-state index contributed by atoms with van der Waals surface area (Å²) in [6.45, 7) is 7.46. The van der Waals surface area contributed by atoms with Crippen molar-refractivity contribution in [2.45, 2.75) is 39.8 Å². The fourth-order valence-electron chi connectivity index (χ4n) is 2.11. The molecule has 2 aromatic heterocycles. The quantitative estimate of drug-likeness (QED) is 0.883. The zero-order valence-electron chi connectivity index (χ0n) is 12.1. The topological polar surface area (TPSA) is 42.7 Å². The first-order chi connectivity index (χ1) is 9.10. The van der Waals surface area contributed by atoms with Crippen molar-refractivity contribution >= 4 is 11.3 Å². The molecule has 0 aromatic carbocycles. The molecule has 0 saturated heterocycles. The van der Waals surface area contributed by atoms with E-state index in [-0.39, 0.29) is 0 Å². The predicted molar refractivity (Wildman–Crippen MR) is 79.4 cm³/mol. The summed E-state index contributed by atoms with van der Waals surface area (Å²) in [5.74, 6) is 1.64. The standard InChI is InChI=1S/C14H22N4S/c1-10(2)8-18-14(16-9-17-18)7-12(15-4)13-6-5-11(3)19-13/h5-6,9-10,12,15H,7-8H2,1-4H3. The molecule has 0 aliphatic heterocycles. The average Bonchev–Trinajstić information content (AvgIpc) is 2.95. The van der Waals surface area contributed by atoms with Crippen LogP contribution in [0.5, 0.6) is 0 Å². The van der Waals surface area contributed by atoms with Gasteiger partial charge in [-0.15, -0.1) is 11.3 Å². The second-order valence-electron chi connectivity index (χ2n) is 5.25. The van der Waals surface area contributed by atoms with Gasteiger partial charge in [-0.05, 0) is 32.0 Å². The van der Waals surface area contributed by atoms with E-state index in [2.05, 4.69) is 48.3 Å². The van der Waals surface area contributed by atoms with Crippen LogP contribution in [-0.4, -0.2) is 21.8 Å². The summed E-state index contributed by atoms with van der Waals surface area (Å²) in [4.78, 5) is 7.11. The predicted octanol–water partition coefficient (Wildman–Crippen LogP) is 2.81. The van der Waals surface area contributed by atoms with Gasteiger partial charge >= 0.3 is 0 Å². The molecule has 1 unspecified atom stereocenters. The Balaban J connectivity index is 2.12. The molecule has 0 aliphatic carbocycles. The van der Waals surface area contributed by atoms with E-state index in [1.54, 1.807) is 6.33 Å². The summed E-state index contributed by atoms with van der Waals surface area (Å²) in [6.07, 6.45) is 2.53. The highest BCUT2D eigenvalue weighted by Gasteiger charge is 2.16. The Morgan fingerprint density at radius 1 is 1.37 bits per heavy atom. The van der Waals surface area contributed by atoms with Crippen molar-refractivity contribution in [1.29, 1.82) is 0 Å². The highest BCUT2D eigenvalue weighted by Crippen LogP contribution is 2.25. The first kappa shape index (κ1) is 14.2. The minimum atomic E-state index is 0.314. The van der Waals surface area contributed by atoms with E-state index < -0.39 is 0 Å². The van der Waals surface area contributed by atoms with E-state index in [1.807, 2.05) is 23.1 Å². The SMILES string of the molecule is CNC(Cc1ncnn1CC(C)C)c1ccc(C)s1. The Morgan fingerprint density at radius 2 is 2.16 bits per heavy atom. The Hall–Kier alpha value is -1.20. The van der Waals surface area contributed by atoms with Gasteiger partial charge in [0.05, 0.1) is 0 Å². The number of rotatable bonds is 6. The number of aryl methyl sites for hydroxylation is 1. The van der Waals surface area contributed by atoms with Crippen LogP contribution in [0.4, 0.5) is 0 Å². The van der Waals surface area contributed by atoms with Crippen LogP contribution in [0, 0.1) is 12.8 Å². The van der Waals surface area contributed by atoms with Crippen molar-refractivity contribution in [3.63, 3.8) is 0 Å². The lowest BCUT2D eigenvalue weighted by Gasteiger charge is -2.15.